The van der Waals surface area contributed by atoms with Crippen molar-refractivity contribution in [2.45, 2.75) is 104 Å². The maximum atomic E-state index is 4.69. The monoisotopic (exact) mass is 484 g/mol. The molecule has 31 heavy (non-hydrogen) atoms. The maximum absolute atomic E-state index is 4.69. The number of halogens is 1. The van der Waals surface area contributed by atoms with Gasteiger partial charge in [0.25, 0.3) is 0 Å². The molecule has 1 aliphatic carbocycles. The summed E-state index contributed by atoms with van der Waals surface area (Å²) in [6.45, 7) is 4.55. The van der Waals surface area contributed by atoms with Gasteiger partial charge >= 0.3 is 0 Å². The first kappa shape index (κ1) is 24.4. The molecule has 0 radical (unpaired) electrons. The van der Waals surface area contributed by atoms with E-state index in [2.05, 4.69) is 48.0 Å². The molecule has 2 aromatic rings. The van der Waals surface area contributed by atoms with Gasteiger partial charge in [0, 0.05) is 28.9 Å². The topological polar surface area (TPSA) is 25.8 Å². The van der Waals surface area contributed by atoms with Crippen LogP contribution in [0.15, 0.2) is 35.1 Å². The first-order chi connectivity index (χ1) is 15.2. The second-order valence-electron chi connectivity index (χ2n) is 9.57. The Bertz CT molecular complexity index is 763. The molecular formula is C28H41BrN2. The van der Waals surface area contributed by atoms with Crippen LogP contribution in [0.5, 0.6) is 0 Å². The molecular weight excluding hydrogens is 444 g/mol. The standard InChI is InChI=1S/C28H41BrN2/c1-3-5-7-9-22-11-13-23(14-12-22)15-18-28-30-20-26(21-31-28)25-17-16-24(27(29)19-25)10-8-6-4-2/h16-17,19-23H,3-15,18H2,1-2H3/t22-,23-. The fraction of sp³-hybridized carbons (Fsp3) is 0.643. The molecule has 3 heteroatoms. The molecule has 0 atom stereocenters. The van der Waals surface area contributed by atoms with E-state index in [1.807, 2.05) is 12.4 Å². The molecule has 1 saturated carbocycles. The second-order valence-corrected chi connectivity index (χ2v) is 10.4. The molecule has 1 aromatic carbocycles. The van der Waals surface area contributed by atoms with Crippen LogP contribution < -0.4 is 0 Å². The van der Waals surface area contributed by atoms with E-state index in [-0.39, 0.29) is 0 Å². The molecule has 1 fully saturated rings. The highest BCUT2D eigenvalue weighted by molar-refractivity contribution is 9.10. The van der Waals surface area contributed by atoms with E-state index in [0.29, 0.717) is 0 Å². The molecule has 1 aromatic heterocycles. The molecule has 0 amide bonds. The summed E-state index contributed by atoms with van der Waals surface area (Å²) in [7, 11) is 0. The van der Waals surface area contributed by atoms with Crippen LogP contribution in [-0.4, -0.2) is 9.97 Å². The lowest BCUT2D eigenvalue weighted by Crippen LogP contribution is -2.15. The third-order valence-electron chi connectivity index (χ3n) is 7.10. The summed E-state index contributed by atoms with van der Waals surface area (Å²) < 4.78 is 1.20. The minimum Gasteiger partial charge on any atom is -0.241 e. The van der Waals surface area contributed by atoms with Gasteiger partial charge in [0.2, 0.25) is 0 Å². The first-order valence-corrected chi connectivity index (χ1v) is 13.6. The first-order valence-electron chi connectivity index (χ1n) is 12.8. The van der Waals surface area contributed by atoms with Crippen LogP contribution >= 0.6 is 15.9 Å². The quantitative estimate of drug-likeness (QED) is 0.280. The van der Waals surface area contributed by atoms with Crippen molar-refractivity contribution in [1.82, 2.24) is 9.97 Å². The minimum absolute atomic E-state index is 0.877. The number of nitrogens with zero attached hydrogens (tertiary/aromatic N) is 2. The molecule has 0 spiro atoms. The van der Waals surface area contributed by atoms with Gasteiger partial charge in [-0.25, -0.2) is 9.97 Å². The van der Waals surface area contributed by atoms with Crippen LogP contribution in [-0.2, 0) is 12.8 Å². The van der Waals surface area contributed by atoms with Crippen molar-refractivity contribution in [2.24, 2.45) is 11.8 Å². The number of unbranched alkanes of at least 4 members (excludes halogenated alkanes) is 4. The molecule has 170 valence electrons. The highest BCUT2D eigenvalue weighted by Crippen LogP contribution is 2.34. The molecule has 0 aliphatic heterocycles. The molecule has 0 saturated heterocycles. The van der Waals surface area contributed by atoms with Crippen molar-refractivity contribution in [2.75, 3.05) is 0 Å². The Morgan fingerprint density at radius 1 is 0.774 bits per heavy atom. The van der Waals surface area contributed by atoms with E-state index in [1.54, 1.807) is 0 Å². The van der Waals surface area contributed by atoms with Crippen molar-refractivity contribution in [3.63, 3.8) is 0 Å². The van der Waals surface area contributed by atoms with Crippen molar-refractivity contribution in [1.29, 1.82) is 0 Å². The lowest BCUT2D eigenvalue weighted by molar-refractivity contribution is 0.248. The van der Waals surface area contributed by atoms with Gasteiger partial charge in [0.05, 0.1) is 0 Å². The summed E-state index contributed by atoms with van der Waals surface area (Å²) in [5, 5.41) is 0. The summed E-state index contributed by atoms with van der Waals surface area (Å²) in [6, 6.07) is 6.68. The van der Waals surface area contributed by atoms with Gasteiger partial charge in [0.1, 0.15) is 5.82 Å². The Balaban J connectivity index is 1.45. The van der Waals surface area contributed by atoms with Gasteiger partial charge in [-0.1, -0.05) is 106 Å². The van der Waals surface area contributed by atoms with Crippen molar-refractivity contribution in [3.05, 3.63) is 46.5 Å². The predicted octanol–water partition coefficient (Wildman–Crippen LogP) is 8.96. The molecule has 1 heterocycles. The average molecular weight is 486 g/mol. The largest absolute Gasteiger partial charge is 0.241 e. The summed E-state index contributed by atoms with van der Waals surface area (Å²) in [4.78, 5) is 9.38. The van der Waals surface area contributed by atoms with Gasteiger partial charge in [-0.05, 0) is 48.3 Å². The molecule has 2 nitrogen and oxygen atoms in total. The van der Waals surface area contributed by atoms with Gasteiger partial charge in [0.15, 0.2) is 0 Å². The maximum Gasteiger partial charge on any atom is 0.128 e. The Hall–Kier alpha value is -1.22. The number of rotatable bonds is 12. The molecule has 0 N–H and O–H groups in total. The zero-order valence-corrected chi connectivity index (χ0v) is 21.3. The Labute approximate surface area is 198 Å². The molecule has 1 aliphatic rings. The van der Waals surface area contributed by atoms with E-state index in [1.165, 1.54) is 92.6 Å². The Morgan fingerprint density at radius 2 is 1.42 bits per heavy atom. The molecule has 0 bridgehead atoms. The van der Waals surface area contributed by atoms with E-state index >= 15 is 0 Å². The fourth-order valence-electron chi connectivity index (χ4n) is 4.95. The van der Waals surface area contributed by atoms with E-state index < -0.39 is 0 Å². The molecule has 0 unspecified atom stereocenters. The lowest BCUT2D eigenvalue weighted by Gasteiger charge is -2.28. The summed E-state index contributed by atoms with van der Waals surface area (Å²) >= 11 is 3.76. The summed E-state index contributed by atoms with van der Waals surface area (Å²) in [5.41, 5.74) is 3.70. The van der Waals surface area contributed by atoms with Gasteiger partial charge < -0.3 is 0 Å². The fourth-order valence-corrected chi connectivity index (χ4v) is 5.53. The lowest BCUT2D eigenvalue weighted by atomic mass is 9.78. The van der Waals surface area contributed by atoms with Crippen molar-refractivity contribution >= 4 is 15.9 Å². The normalized spacial score (nSPS) is 18.9. The van der Waals surface area contributed by atoms with Crippen LogP contribution in [0.3, 0.4) is 0 Å². The van der Waals surface area contributed by atoms with Gasteiger partial charge in [-0.3, -0.25) is 0 Å². The third kappa shape index (κ3) is 8.00. The highest BCUT2D eigenvalue weighted by atomic mass is 79.9. The number of aromatic nitrogens is 2. The van der Waals surface area contributed by atoms with E-state index in [4.69, 9.17) is 9.97 Å². The zero-order chi connectivity index (χ0) is 21.9. The van der Waals surface area contributed by atoms with Crippen LogP contribution in [0.1, 0.15) is 102 Å². The third-order valence-corrected chi connectivity index (χ3v) is 7.84. The Morgan fingerprint density at radius 3 is 2.06 bits per heavy atom. The number of hydrogen-bond donors (Lipinski definition) is 0. The van der Waals surface area contributed by atoms with Crippen LogP contribution in [0.2, 0.25) is 0 Å². The smallest absolute Gasteiger partial charge is 0.128 e. The number of hydrogen-bond acceptors (Lipinski definition) is 2. The van der Waals surface area contributed by atoms with Gasteiger partial charge in [-0.15, -0.1) is 0 Å². The van der Waals surface area contributed by atoms with Gasteiger partial charge in [-0.2, -0.15) is 0 Å². The van der Waals surface area contributed by atoms with Crippen LogP contribution in [0, 0.1) is 11.8 Å². The minimum atomic E-state index is 0.877. The Kier molecular flexibility index (Phi) is 10.5. The summed E-state index contributed by atoms with van der Waals surface area (Å²) in [5.74, 6) is 2.88. The second kappa shape index (κ2) is 13.4. The zero-order valence-electron chi connectivity index (χ0n) is 19.7. The van der Waals surface area contributed by atoms with Crippen molar-refractivity contribution in [3.8, 4) is 11.1 Å². The van der Waals surface area contributed by atoms with Crippen LogP contribution in [0.25, 0.3) is 11.1 Å². The highest BCUT2D eigenvalue weighted by Gasteiger charge is 2.21. The average Bonchev–Trinajstić information content (AvgIpc) is 2.80. The number of benzene rings is 1. The SMILES string of the molecule is CCCCCc1ccc(-c2cnc(CC[C@H]3CC[C@H](CCCCC)CC3)nc2)cc1Br. The summed E-state index contributed by atoms with van der Waals surface area (Å²) in [6.07, 6.45) is 22.6. The van der Waals surface area contributed by atoms with Crippen LogP contribution in [0.4, 0.5) is 0 Å². The molecule has 3 rings (SSSR count). The van der Waals surface area contributed by atoms with E-state index in [0.717, 1.165) is 36.1 Å². The predicted molar refractivity (Wildman–Crippen MR) is 136 cm³/mol. The van der Waals surface area contributed by atoms with Crippen molar-refractivity contribution < 1.29 is 0 Å². The van der Waals surface area contributed by atoms with E-state index in [9.17, 15) is 0 Å². The number of aryl methyl sites for hydroxylation is 2.